The van der Waals surface area contributed by atoms with Crippen LogP contribution in [-0.2, 0) is 0 Å². The average Bonchev–Trinajstić information content (AvgIpc) is 2.51. The normalized spacial score (nSPS) is 10.4. The van der Waals surface area contributed by atoms with Crippen molar-refractivity contribution < 1.29 is 13.6 Å². The summed E-state index contributed by atoms with van der Waals surface area (Å²) in [5, 5.41) is 0. The van der Waals surface area contributed by atoms with Gasteiger partial charge >= 0.3 is 0 Å². The molecule has 0 aliphatic heterocycles. The molecule has 2 rings (SSSR count). The van der Waals surface area contributed by atoms with Crippen molar-refractivity contribution in [3.63, 3.8) is 0 Å². The molecule has 4 heteroatoms. The van der Waals surface area contributed by atoms with E-state index in [2.05, 4.69) is 0 Å². The molecule has 0 saturated carbocycles. The summed E-state index contributed by atoms with van der Waals surface area (Å²) in [7, 11) is 0. The number of hydrogen-bond acceptors (Lipinski definition) is 1. The summed E-state index contributed by atoms with van der Waals surface area (Å²) in [4.78, 5) is 14.0. The van der Waals surface area contributed by atoms with E-state index < -0.39 is 17.5 Å². The van der Waals surface area contributed by atoms with Crippen molar-refractivity contribution >= 4 is 11.6 Å². The average molecular weight is 289 g/mol. The van der Waals surface area contributed by atoms with Gasteiger partial charge in [0.25, 0.3) is 5.91 Å². The number of anilines is 1. The molecule has 2 nitrogen and oxygen atoms in total. The van der Waals surface area contributed by atoms with E-state index in [0.29, 0.717) is 12.2 Å². The number of carbonyl (C=O) groups excluding carboxylic acids is 1. The van der Waals surface area contributed by atoms with E-state index >= 15 is 0 Å². The summed E-state index contributed by atoms with van der Waals surface area (Å²) in [6.45, 7) is 2.48. The van der Waals surface area contributed by atoms with Crippen LogP contribution in [0.5, 0.6) is 0 Å². The summed E-state index contributed by atoms with van der Waals surface area (Å²) >= 11 is 0. The second-order valence-electron chi connectivity index (χ2n) is 4.75. The number of carbonyl (C=O) groups is 1. The molecule has 110 valence electrons. The highest BCUT2D eigenvalue weighted by Crippen LogP contribution is 2.20. The van der Waals surface area contributed by atoms with Crippen LogP contribution in [-0.4, -0.2) is 12.5 Å². The van der Waals surface area contributed by atoms with Gasteiger partial charge in [-0.25, -0.2) is 8.78 Å². The molecule has 0 unspecified atom stereocenters. The number of benzene rings is 2. The van der Waals surface area contributed by atoms with E-state index in [1.54, 1.807) is 12.1 Å². The zero-order chi connectivity index (χ0) is 15.2. The van der Waals surface area contributed by atoms with Gasteiger partial charge in [-0.2, -0.15) is 0 Å². The number of halogens is 2. The van der Waals surface area contributed by atoms with E-state index in [-0.39, 0.29) is 5.56 Å². The van der Waals surface area contributed by atoms with Crippen molar-refractivity contribution in [2.75, 3.05) is 11.4 Å². The molecule has 0 atom stereocenters. The number of rotatable bonds is 5. The van der Waals surface area contributed by atoms with Crippen molar-refractivity contribution in [2.24, 2.45) is 0 Å². The van der Waals surface area contributed by atoms with Gasteiger partial charge in [0, 0.05) is 12.2 Å². The highest BCUT2D eigenvalue weighted by Gasteiger charge is 2.22. The fourth-order valence-corrected chi connectivity index (χ4v) is 2.09. The topological polar surface area (TPSA) is 20.3 Å². The minimum absolute atomic E-state index is 0.241. The summed E-state index contributed by atoms with van der Waals surface area (Å²) in [6.07, 6.45) is 1.69. The highest BCUT2D eigenvalue weighted by atomic mass is 19.2. The van der Waals surface area contributed by atoms with Crippen molar-refractivity contribution in [1.29, 1.82) is 0 Å². The summed E-state index contributed by atoms with van der Waals surface area (Å²) < 4.78 is 27.1. The highest BCUT2D eigenvalue weighted by molar-refractivity contribution is 6.06. The molecule has 0 radical (unpaired) electrons. The number of para-hydroxylation sites is 1. The van der Waals surface area contributed by atoms with Crippen LogP contribution in [0.3, 0.4) is 0 Å². The standard InChI is InChI=1S/C17H17F2NO/c1-2-3-12-20(13-8-5-4-6-9-13)17(21)14-10-7-11-15(18)16(14)19/h4-11H,2-3,12H2,1H3. The minimum atomic E-state index is -1.10. The second kappa shape index (κ2) is 6.97. The maximum absolute atomic E-state index is 13.8. The molecule has 0 aliphatic carbocycles. The third kappa shape index (κ3) is 3.45. The van der Waals surface area contributed by atoms with Crippen LogP contribution in [0.15, 0.2) is 48.5 Å². The van der Waals surface area contributed by atoms with Crippen molar-refractivity contribution in [3.8, 4) is 0 Å². The molecule has 0 bridgehead atoms. The summed E-state index contributed by atoms with van der Waals surface area (Å²) in [5.74, 6) is -2.63. The Morgan fingerprint density at radius 1 is 1.05 bits per heavy atom. The lowest BCUT2D eigenvalue weighted by atomic mass is 10.1. The SMILES string of the molecule is CCCCN(C(=O)c1cccc(F)c1F)c1ccccc1. The van der Waals surface area contributed by atoms with Gasteiger partial charge in [0.1, 0.15) is 0 Å². The van der Waals surface area contributed by atoms with Crippen LogP contribution in [0.25, 0.3) is 0 Å². The molecular formula is C17H17F2NO. The van der Waals surface area contributed by atoms with Crippen molar-refractivity contribution in [1.82, 2.24) is 0 Å². The molecule has 0 saturated heterocycles. The molecule has 0 spiro atoms. The number of amides is 1. The van der Waals surface area contributed by atoms with Gasteiger partial charge < -0.3 is 4.90 Å². The Morgan fingerprint density at radius 3 is 2.43 bits per heavy atom. The van der Waals surface area contributed by atoms with Crippen LogP contribution < -0.4 is 4.90 Å². The number of hydrogen-bond donors (Lipinski definition) is 0. The van der Waals surface area contributed by atoms with E-state index in [0.717, 1.165) is 18.9 Å². The van der Waals surface area contributed by atoms with Crippen LogP contribution in [0.2, 0.25) is 0 Å². The van der Waals surface area contributed by atoms with Crippen LogP contribution in [0.4, 0.5) is 14.5 Å². The maximum atomic E-state index is 13.8. The molecule has 2 aromatic rings. The van der Waals surface area contributed by atoms with Gasteiger partial charge in [-0.3, -0.25) is 4.79 Å². The Hall–Kier alpha value is -2.23. The fraction of sp³-hybridized carbons (Fsp3) is 0.235. The second-order valence-corrected chi connectivity index (χ2v) is 4.75. The van der Waals surface area contributed by atoms with Crippen molar-refractivity contribution in [3.05, 3.63) is 65.7 Å². The van der Waals surface area contributed by atoms with Crippen LogP contribution >= 0.6 is 0 Å². The van der Waals surface area contributed by atoms with Gasteiger partial charge in [0.2, 0.25) is 0 Å². The molecule has 1 amide bonds. The van der Waals surface area contributed by atoms with Gasteiger partial charge in [0.15, 0.2) is 11.6 Å². The number of nitrogens with zero attached hydrogens (tertiary/aromatic N) is 1. The van der Waals surface area contributed by atoms with Gasteiger partial charge in [-0.05, 0) is 30.7 Å². The van der Waals surface area contributed by atoms with Gasteiger partial charge in [0.05, 0.1) is 5.56 Å². The predicted molar refractivity (Wildman–Crippen MR) is 79.4 cm³/mol. The maximum Gasteiger partial charge on any atom is 0.261 e. The quantitative estimate of drug-likeness (QED) is 0.798. The molecule has 0 aromatic heterocycles. The lowest BCUT2D eigenvalue weighted by molar-refractivity contribution is 0.0981. The van der Waals surface area contributed by atoms with E-state index in [1.807, 2.05) is 25.1 Å². The largest absolute Gasteiger partial charge is 0.308 e. The Morgan fingerprint density at radius 2 is 1.76 bits per heavy atom. The van der Waals surface area contributed by atoms with Crippen LogP contribution in [0, 0.1) is 11.6 Å². The smallest absolute Gasteiger partial charge is 0.261 e. The third-order valence-electron chi connectivity index (χ3n) is 3.23. The minimum Gasteiger partial charge on any atom is -0.308 e. The van der Waals surface area contributed by atoms with Crippen molar-refractivity contribution in [2.45, 2.75) is 19.8 Å². The molecule has 0 fully saturated rings. The first-order valence-electron chi connectivity index (χ1n) is 6.96. The van der Waals surface area contributed by atoms with E-state index in [4.69, 9.17) is 0 Å². The molecule has 2 aromatic carbocycles. The third-order valence-corrected chi connectivity index (χ3v) is 3.23. The van der Waals surface area contributed by atoms with Crippen LogP contribution in [0.1, 0.15) is 30.1 Å². The van der Waals surface area contributed by atoms with Gasteiger partial charge in [-0.1, -0.05) is 37.6 Å². The molecule has 0 N–H and O–H groups in total. The monoisotopic (exact) mass is 289 g/mol. The zero-order valence-electron chi connectivity index (χ0n) is 11.9. The lowest BCUT2D eigenvalue weighted by Gasteiger charge is -2.23. The lowest BCUT2D eigenvalue weighted by Crippen LogP contribution is -2.32. The molecule has 0 heterocycles. The first-order valence-corrected chi connectivity index (χ1v) is 6.96. The first kappa shape index (κ1) is 15.2. The first-order chi connectivity index (χ1) is 10.1. The summed E-state index contributed by atoms with van der Waals surface area (Å²) in [5.41, 5.74) is 0.439. The predicted octanol–water partition coefficient (Wildman–Crippen LogP) is 4.41. The molecular weight excluding hydrogens is 272 g/mol. The Kier molecular flexibility index (Phi) is 5.04. The number of unbranched alkanes of at least 4 members (excludes halogenated alkanes) is 1. The Balaban J connectivity index is 2.36. The van der Waals surface area contributed by atoms with Gasteiger partial charge in [-0.15, -0.1) is 0 Å². The Labute approximate surface area is 123 Å². The molecule has 0 aliphatic rings. The van der Waals surface area contributed by atoms with E-state index in [9.17, 15) is 13.6 Å². The zero-order valence-corrected chi connectivity index (χ0v) is 11.9. The fourth-order valence-electron chi connectivity index (χ4n) is 2.09. The van der Waals surface area contributed by atoms with E-state index in [1.165, 1.54) is 17.0 Å². The molecule has 21 heavy (non-hydrogen) atoms. The summed E-state index contributed by atoms with van der Waals surface area (Å²) in [6, 6.07) is 12.7. The Bertz CT molecular complexity index is 613.